The number of nitrogens with two attached hydrogens (primary N) is 1. The largest absolute Gasteiger partial charge is 0.339 e. The Labute approximate surface area is 99.0 Å². The van der Waals surface area contributed by atoms with Crippen molar-refractivity contribution >= 4 is 0 Å². The van der Waals surface area contributed by atoms with E-state index < -0.39 is 0 Å². The summed E-state index contributed by atoms with van der Waals surface area (Å²) in [5, 5.41) is 11.8. The Bertz CT molecular complexity index is 475. The molecule has 1 atom stereocenters. The van der Waals surface area contributed by atoms with Gasteiger partial charge in [-0.1, -0.05) is 17.3 Å². The van der Waals surface area contributed by atoms with Gasteiger partial charge < -0.3 is 10.3 Å². The Kier molecular flexibility index (Phi) is 3.48. The van der Waals surface area contributed by atoms with E-state index >= 15 is 0 Å². The van der Waals surface area contributed by atoms with E-state index in [2.05, 4.69) is 27.4 Å². The molecule has 0 radical (unpaired) electrons. The maximum Gasteiger partial charge on any atom is 0.226 e. The fourth-order valence-corrected chi connectivity index (χ4v) is 1.41. The molecule has 1 unspecified atom stereocenters. The van der Waals surface area contributed by atoms with E-state index in [9.17, 15) is 0 Å². The zero-order valence-electron chi connectivity index (χ0n) is 10.00. The van der Waals surface area contributed by atoms with Crippen molar-refractivity contribution in [3.63, 3.8) is 0 Å². The maximum atomic E-state index is 5.70. The van der Waals surface area contributed by atoms with E-state index in [0.717, 1.165) is 18.5 Å². The Morgan fingerprint density at radius 1 is 1.53 bits per heavy atom. The zero-order valence-corrected chi connectivity index (χ0v) is 10.00. The molecule has 0 saturated heterocycles. The van der Waals surface area contributed by atoms with Crippen LogP contribution in [0, 0.1) is 0 Å². The smallest absolute Gasteiger partial charge is 0.226 e. The summed E-state index contributed by atoms with van der Waals surface area (Å²) in [6.07, 6.45) is 3.58. The van der Waals surface area contributed by atoms with Crippen LogP contribution in [0.3, 0.4) is 0 Å². The molecular weight excluding hydrogens is 220 g/mol. The van der Waals surface area contributed by atoms with Crippen molar-refractivity contribution in [3.8, 4) is 0 Å². The molecule has 0 saturated carbocycles. The molecule has 2 aromatic rings. The van der Waals surface area contributed by atoms with Gasteiger partial charge >= 0.3 is 0 Å². The first kappa shape index (κ1) is 11.7. The van der Waals surface area contributed by atoms with E-state index in [0.29, 0.717) is 18.3 Å². The van der Waals surface area contributed by atoms with Gasteiger partial charge in [0.1, 0.15) is 6.54 Å². The molecule has 2 heterocycles. The molecule has 0 aromatic carbocycles. The average Bonchev–Trinajstić information content (AvgIpc) is 2.89. The van der Waals surface area contributed by atoms with Crippen LogP contribution in [0.25, 0.3) is 0 Å². The van der Waals surface area contributed by atoms with Gasteiger partial charge in [0.2, 0.25) is 5.89 Å². The molecule has 0 aliphatic heterocycles. The minimum atomic E-state index is -0.121. The monoisotopic (exact) mass is 236 g/mol. The number of rotatable bonds is 5. The standard InChI is InChI=1S/C10H16N6O/c1-3-4-10-12-9(14-17-10)6-16-5-8(7(2)11)13-15-16/h5,7H,3-4,6,11H2,1-2H3. The van der Waals surface area contributed by atoms with Crippen LogP contribution in [0.1, 0.15) is 43.7 Å². The molecule has 7 heteroatoms. The fraction of sp³-hybridized carbons (Fsp3) is 0.600. The Morgan fingerprint density at radius 2 is 2.35 bits per heavy atom. The first-order valence-corrected chi connectivity index (χ1v) is 5.66. The molecule has 0 spiro atoms. The van der Waals surface area contributed by atoms with Gasteiger partial charge in [-0.2, -0.15) is 4.98 Å². The average molecular weight is 236 g/mol. The summed E-state index contributed by atoms with van der Waals surface area (Å²) in [4.78, 5) is 4.25. The summed E-state index contributed by atoms with van der Waals surface area (Å²) in [6.45, 7) is 4.38. The molecule has 2 rings (SSSR count). The lowest BCUT2D eigenvalue weighted by Gasteiger charge is -1.95. The van der Waals surface area contributed by atoms with E-state index in [1.807, 2.05) is 6.92 Å². The van der Waals surface area contributed by atoms with Crippen LogP contribution in [0.5, 0.6) is 0 Å². The van der Waals surface area contributed by atoms with Crippen molar-refractivity contribution < 1.29 is 4.52 Å². The van der Waals surface area contributed by atoms with Gasteiger partial charge in [0.15, 0.2) is 5.82 Å². The van der Waals surface area contributed by atoms with Gasteiger partial charge in [0.05, 0.1) is 11.9 Å². The lowest BCUT2D eigenvalue weighted by molar-refractivity contribution is 0.370. The van der Waals surface area contributed by atoms with Crippen molar-refractivity contribution in [1.82, 2.24) is 25.1 Å². The van der Waals surface area contributed by atoms with Crippen LogP contribution in [0.15, 0.2) is 10.7 Å². The number of nitrogens with zero attached hydrogens (tertiary/aromatic N) is 5. The SMILES string of the molecule is CCCc1nc(Cn2cc(C(C)N)nn2)no1. The van der Waals surface area contributed by atoms with E-state index in [1.54, 1.807) is 10.9 Å². The third-order valence-electron chi connectivity index (χ3n) is 2.30. The van der Waals surface area contributed by atoms with Crippen LogP contribution in [0.4, 0.5) is 0 Å². The van der Waals surface area contributed by atoms with E-state index in [4.69, 9.17) is 10.3 Å². The molecule has 2 N–H and O–H groups in total. The van der Waals surface area contributed by atoms with Crippen LogP contribution < -0.4 is 5.73 Å². The summed E-state index contributed by atoms with van der Waals surface area (Å²) in [7, 11) is 0. The highest BCUT2D eigenvalue weighted by Crippen LogP contribution is 2.06. The second kappa shape index (κ2) is 5.05. The Morgan fingerprint density at radius 3 is 3.00 bits per heavy atom. The highest BCUT2D eigenvalue weighted by Gasteiger charge is 2.09. The zero-order chi connectivity index (χ0) is 12.3. The molecular formula is C10H16N6O. The molecule has 17 heavy (non-hydrogen) atoms. The molecule has 0 bridgehead atoms. The quantitative estimate of drug-likeness (QED) is 0.820. The molecule has 0 aliphatic rings. The fourth-order valence-electron chi connectivity index (χ4n) is 1.41. The summed E-state index contributed by atoms with van der Waals surface area (Å²) in [5.41, 5.74) is 6.45. The van der Waals surface area contributed by atoms with Gasteiger partial charge in [-0.25, -0.2) is 4.68 Å². The summed E-state index contributed by atoms with van der Waals surface area (Å²) in [6, 6.07) is -0.121. The summed E-state index contributed by atoms with van der Waals surface area (Å²) >= 11 is 0. The molecule has 0 amide bonds. The first-order valence-electron chi connectivity index (χ1n) is 5.66. The maximum absolute atomic E-state index is 5.70. The number of hydrogen-bond donors (Lipinski definition) is 1. The Balaban J connectivity index is 2.03. The number of aryl methyl sites for hydroxylation is 1. The van der Waals surface area contributed by atoms with Crippen LogP contribution >= 0.6 is 0 Å². The van der Waals surface area contributed by atoms with Gasteiger partial charge in [-0.15, -0.1) is 5.10 Å². The van der Waals surface area contributed by atoms with Gasteiger partial charge in [0, 0.05) is 12.5 Å². The number of aromatic nitrogens is 5. The van der Waals surface area contributed by atoms with Crippen molar-refractivity contribution in [2.75, 3.05) is 0 Å². The first-order chi connectivity index (χ1) is 8.19. The second-order valence-electron chi connectivity index (χ2n) is 3.98. The van der Waals surface area contributed by atoms with E-state index in [-0.39, 0.29) is 6.04 Å². The lowest BCUT2D eigenvalue weighted by Crippen LogP contribution is -2.05. The number of hydrogen-bond acceptors (Lipinski definition) is 6. The minimum absolute atomic E-state index is 0.121. The third kappa shape index (κ3) is 2.88. The highest BCUT2D eigenvalue weighted by molar-refractivity contribution is 4.99. The van der Waals surface area contributed by atoms with E-state index in [1.165, 1.54) is 0 Å². The van der Waals surface area contributed by atoms with Gasteiger partial charge in [0.25, 0.3) is 0 Å². The Hall–Kier alpha value is -1.76. The lowest BCUT2D eigenvalue weighted by atomic mass is 10.3. The molecule has 0 fully saturated rings. The second-order valence-corrected chi connectivity index (χ2v) is 3.98. The van der Waals surface area contributed by atoms with Crippen LogP contribution in [-0.4, -0.2) is 25.1 Å². The van der Waals surface area contributed by atoms with Crippen molar-refractivity contribution in [1.29, 1.82) is 0 Å². The van der Waals surface area contributed by atoms with Crippen LogP contribution in [-0.2, 0) is 13.0 Å². The molecule has 0 aliphatic carbocycles. The van der Waals surface area contributed by atoms with Crippen molar-refractivity contribution in [2.24, 2.45) is 5.73 Å². The van der Waals surface area contributed by atoms with Crippen molar-refractivity contribution in [3.05, 3.63) is 23.6 Å². The summed E-state index contributed by atoms with van der Waals surface area (Å²) in [5.74, 6) is 1.27. The van der Waals surface area contributed by atoms with Crippen molar-refractivity contribution in [2.45, 2.75) is 39.3 Å². The third-order valence-corrected chi connectivity index (χ3v) is 2.30. The highest BCUT2D eigenvalue weighted by atomic mass is 16.5. The van der Waals surface area contributed by atoms with Gasteiger partial charge in [-0.3, -0.25) is 0 Å². The molecule has 7 nitrogen and oxygen atoms in total. The minimum Gasteiger partial charge on any atom is -0.339 e. The van der Waals surface area contributed by atoms with Crippen LogP contribution in [0.2, 0.25) is 0 Å². The topological polar surface area (TPSA) is 95.7 Å². The molecule has 92 valence electrons. The predicted molar refractivity (Wildman–Crippen MR) is 60.0 cm³/mol. The predicted octanol–water partition coefficient (Wildman–Crippen LogP) is 0.682. The normalized spacial score (nSPS) is 12.9. The summed E-state index contributed by atoms with van der Waals surface area (Å²) < 4.78 is 6.74. The van der Waals surface area contributed by atoms with Gasteiger partial charge in [-0.05, 0) is 13.3 Å². The molecule has 2 aromatic heterocycles.